The third-order valence-electron chi connectivity index (χ3n) is 1.48. The lowest BCUT2D eigenvalue weighted by Gasteiger charge is -2.13. The van der Waals surface area contributed by atoms with E-state index in [4.69, 9.17) is 10.00 Å². The van der Waals surface area contributed by atoms with Crippen LogP contribution in [0.4, 0.5) is 0 Å². The van der Waals surface area contributed by atoms with Gasteiger partial charge >= 0.3 is 6.02 Å². The number of para-hydroxylation sites is 1. The predicted octanol–water partition coefficient (Wildman–Crippen LogP) is 1.46. The molecule has 0 aliphatic rings. The van der Waals surface area contributed by atoms with Crippen molar-refractivity contribution in [1.82, 2.24) is 4.90 Å². The SMILES string of the molecule is CN(C)/C(=N\C#N)Oc1ccccc1. The zero-order chi connectivity index (χ0) is 10.4. The minimum absolute atomic E-state index is 0.277. The van der Waals surface area contributed by atoms with Crippen LogP contribution in [-0.4, -0.2) is 25.0 Å². The summed E-state index contributed by atoms with van der Waals surface area (Å²) in [4.78, 5) is 5.18. The van der Waals surface area contributed by atoms with Crippen LogP contribution in [0.5, 0.6) is 5.75 Å². The number of amidine groups is 1. The first-order valence-corrected chi connectivity index (χ1v) is 4.11. The highest BCUT2D eigenvalue weighted by atomic mass is 16.5. The van der Waals surface area contributed by atoms with Gasteiger partial charge in [0.25, 0.3) is 0 Å². The second kappa shape index (κ2) is 4.87. The van der Waals surface area contributed by atoms with Gasteiger partial charge in [0.15, 0.2) is 0 Å². The van der Waals surface area contributed by atoms with Crippen LogP contribution >= 0.6 is 0 Å². The molecule has 0 amide bonds. The van der Waals surface area contributed by atoms with Gasteiger partial charge in [-0.2, -0.15) is 5.26 Å². The minimum Gasteiger partial charge on any atom is -0.425 e. The Kier molecular flexibility index (Phi) is 3.50. The Morgan fingerprint density at radius 3 is 2.50 bits per heavy atom. The Labute approximate surface area is 83.1 Å². The standard InChI is InChI=1S/C10H11N3O/c1-13(2)10(12-8-11)14-9-6-4-3-5-7-9/h3-7H,1-2H3/b12-10+. The molecular weight excluding hydrogens is 178 g/mol. The average molecular weight is 189 g/mol. The quantitative estimate of drug-likeness (QED) is 0.382. The molecule has 14 heavy (non-hydrogen) atoms. The molecular formula is C10H11N3O. The molecule has 1 aromatic rings. The van der Waals surface area contributed by atoms with E-state index >= 15 is 0 Å². The van der Waals surface area contributed by atoms with Gasteiger partial charge < -0.3 is 9.64 Å². The van der Waals surface area contributed by atoms with Crippen molar-refractivity contribution >= 4 is 6.02 Å². The summed E-state index contributed by atoms with van der Waals surface area (Å²) in [5.41, 5.74) is 0. The van der Waals surface area contributed by atoms with E-state index in [0.29, 0.717) is 5.75 Å². The zero-order valence-electron chi connectivity index (χ0n) is 8.14. The minimum atomic E-state index is 0.277. The molecule has 1 rings (SSSR count). The summed E-state index contributed by atoms with van der Waals surface area (Å²) in [6.45, 7) is 0. The van der Waals surface area contributed by atoms with E-state index in [1.807, 2.05) is 18.2 Å². The number of hydrogen-bond donors (Lipinski definition) is 0. The molecule has 0 spiro atoms. The number of aliphatic imine (C=N–C) groups is 1. The first-order valence-electron chi connectivity index (χ1n) is 4.11. The topological polar surface area (TPSA) is 48.6 Å². The van der Waals surface area contributed by atoms with Crippen LogP contribution in [0.15, 0.2) is 35.3 Å². The van der Waals surface area contributed by atoms with Gasteiger partial charge in [-0.05, 0) is 12.1 Å². The molecule has 1 aromatic carbocycles. The van der Waals surface area contributed by atoms with Crippen LogP contribution in [0.3, 0.4) is 0 Å². The van der Waals surface area contributed by atoms with Crippen molar-refractivity contribution < 1.29 is 4.74 Å². The summed E-state index contributed by atoms with van der Waals surface area (Å²) in [7, 11) is 3.53. The Morgan fingerprint density at radius 2 is 2.00 bits per heavy atom. The summed E-state index contributed by atoms with van der Waals surface area (Å²) in [5, 5.41) is 8.42. The number of ether oxygens (including phenoxy) is 1. The first kappa shape index (κ1) is 10.1. The fraction of sp³-hybridized carbons (Fsp3) is 0.200. The summed E-state index contributed by atoms with van der Waals surface area (Å²) in [6.07, 6.45) is 1.69. The fourth-order valence-electron chi connectivity index (χ4n) is 0.851. The second-order valence-corrected chi connectivity index (χ2v) is 2.80. The second-order valence-electron chi connectivity index (χ2n) is 2.80. The third kappa shape index (κ3) is 2.79. The molecule has 4 nitrogen and oxygen atoms in total. The number of nitrogens with zero attached hydrogens (tertiary/aromatic N) is 3. The van der Waals surface area contributed by atoms with Gasteiger partial charge in [-0.25, -0.2) is 0 Å². The van der Waals surface area contributed by atoms with Gasteiger partial charge in [-0.1, -0.05) is 18.2 Å². The molecule has 0 heterocycles. The Balaban J connectivity index is 2.77. The maximum Gasteiger partial charge on any atom is 0.307 e. The molecule has 0 aliphatic carbocycles. The molecule has 0 saturated carbocycles. The molecule has 0 unspecified atom stereocenters. The lowest BCUT2D eigenvalue weighted by atomic mass is 10.3. The largest absolute Gasteiger partial charge is 0.425 e. The smallest absolute Gasteiger partial charge is 0.307 e. The van der Waals surface area contributed by atoms with Crippen molar-refractivity contribution in [3.8, 4) is 11.9 Å². The summed E-state index contributed by atoms with van der Waals surface area (Å²) >= 11 is 0. The Morgan fingerprint density at radius 1 is 1.36 bits per heavy atom. The van der Waals surface area contributed by atoms with Crippen LogP contribution in [0.25, 0.3) is 0 Å². The van der Waals surface area contributed by atoms with E-state index in [2.05, 4.69) is 4.99 Å². The number of hydrogen-bond acceptors (Lipinski definition) is 3. The predicted molar refractivity (Wildman–Crippen MR) is 53.8 cm³/mol. The molecule has 72 valence electrons. The molecule has 0 atom stereocenters. The Hall–Kier alpha value is -2.02. The van der Waals surface area contributed by atoms with Crippen LogP contribution in [-0.2, 0) is 0 Å². The van der Waals surface area contributed by atoms with Crippen molar-refractivity contribution in [2.24, 2.45) is 4.99 Å². The molecule has 0 aliphatic heterocycles. The summed E-state index contributed by atoms with van der Waals surface area (Å²) < 4.78 is 5.37. The van der Waals surface area contributed by atoms with Gasteiger partial charge in [-0.3, -0.25) is 0 Å². The number of rotatable bonds is 1. The van der Waals surface area contributed by atoms with Crippen molar-refractivity contribution in [1.29, 1.82) is 5.26 Å². The molecule has 0 N–H and O–H groups in total. The zero-order valence-corrected chi connectivity index (χ0v) is 8.14. The highest BCUT2D eigenvalue weighted by molar-refractivity contribution is 5.76. The van der Waals surface area contributed by atoms with Crippen LogP contribution < -0.4 is 4.74 Å². The van der Waals surface area contributed by atoms with Crippen molar-refractivity contribution in [3.05, 3.63) is 30.3 Å². The van der Waals surface area contributed by atoms with Crippen molar-refractivity contribution in [2.75, 3.05) is 14.1 Å². The summed E-state index contributed by atoms with van der Waals surface area (Å²) in [6, 6.07) is 9.49. The maximum atomic E-state index is 8.42. The lowest BCUT2D eigenvalue weighted by Crippen LogP contribution is -2.27. The highest BCUT2D eigenvalue weighted by Crippen LogP contribution is 2.09. The summed E-state index contributed by atoms with van der Waals surface area (Å²) in [5.74, 6) is 0.662. The molecule has 0 bridgehead atoms. The molecule has 0 radical (unpaired) electrons. The lowest BCUT2D eigenvalue weighted by molar-refractivity contribution is 0.432. The highest BCUT2D eigenvalue weighted by Gasteiger charge is 2.03. The van der Waals surface area contributed by atoms with Gasteiger partial charge in [0.2, 0.25) is 6.19 Å². The van der Waals surface area contributed by atoms with E-state index in [1.165, 1.54) is 0 Å². The first-order chi connectivity index (χ1) is 6.74. The van der Waals surface area contributed by atoms with E-state index in [-0.39, 0.29) is 6.02 Å². The number of benzene rings is 1. The normalized spacial score (nSPS) is 10.5. The van der Waals surface area contributed by atoms with Crippen molar-refractivity contribution in [3.63, 3.8) is 0 Å². The molecule has 0 saturated heterocycles. The van der Waals surface area contributed by atoms with E-state index < -0.39 is 0 Å². The molecule has 0 aromatic heterocycles. The van der Waals surface area contributed by atoms with Crippen LogP contribution in [0, 0.1) is 11.5 Å². The van der Waals surface area contributed by atoms with Gasteiger partial charge in [0, 0.05) is 14.1 Å². The van der Waals surface area contributed by atoms with E-state index in [0.717, 1.165) is 0 Å². The third-order valence-corrected chi connectivity index (χ3v) is 1.48. The van der Waals surface area contributed by atoms with Crippen molar-refractivity contribution in [2.45, 2.75) is 0 Å². The van der Waals surface area contributed by atoms with E-state index in [9.17, 15) is 0 Å². The van der Waals surface area contributed by atoms with Gasteiger partial charge in [0.05, 0.1) is 0 Å². The van der Waals surface area contributed by atoms with Crippen LogP contribution in [0.1, 0.15) is 0 Å². The monoisotopic (exact) mass is 189 g/mol. The maximum absolute atomic E-state index is 8.42. The molecule has 4 heteroatoms. The van der Waals surface area contributed by atoms with Gasteiger partial charge in [-0.15, -0.1) is 4.99 Å². The number of nitriles is 1. The molecule has 0 fully saturated rings. The van der Waals surface area contributed by atoms with Gasteiger partial charge in [0.1, 0.15) is 5.75 Å². The van der Waals surface area contributed by atoms with E-state index in [1.54, 1.807) is 37.3 Å². The van der Waals surface area contributed by atoms with Crippen LogP contribution in [0.2, 0.25) is 0 Å². The fourth-order valence-corrected chi connectivity index (χ4v) is 0.851. The Bertz CT molecular complexity index is 351. The average Bonchev–Trinajstić information content (AvgIpc) is 2.18.